The van der Waals surface area contributed by atoms with E-state index in [4.69, 9.17) is 18.9 Å². The van der Waals surface area contributed by atoms with Crippen LogP contribution < -0.4 is 0 Å². The molecule has 0 amide bonds. The van der Waals surface area contributed by atoms with E-state index >= 15 is 0 Å². The maximum Gasteiger partial charge on any atom is 0.193 e. The van der Waals surface area contributed by atoms with Gasteiger partial charge in [0.1, 0.15) is 12.2 Å². The predicted molar refractivity (Wildman–Crippen MR) is 60.2 cm³/mol. The Morgan fingerprint density at radius 1 is 1.29 bits per heavy atom. The Bertz CT molecular complexity index is 289. The number of ether oxygens (including phenoxy) is 4. The molecule has 2 aliphatic heterocycles. The third-order valence-electron chi connectivity index (χ3n) is 3.27. The molecule has 0 saturated carbocycles. The summed E-state index contributed by atoms with van der Waals surface area (Å²) in [6.45, 7) is 9.64. The Balaban J connectivity index is 2.07. The Kier molecular flexibility index (Phi) is 3.25. The lowest BCUT2D eigenvalue weighted by Crippen LogP contribution is -2.42. The van der Waals surface area contributed by atoms with Crippen molar-refractivity contribution < 1.29 is 24.1 Å². The predicted octanol–water partition coefficient (Wildman–Crippen LogP) is 1.39. The van der Waals surface area contributed by atoms with E-state index in [1.54, 1.807) is 0 Å². The molecule has 2 rings (SSSR count). The molecule has 0 radical (unpaired) electrons. The maximum absolute atomic E-state index is 9.82. The molecule has 2 aliphatic rings. The second-order valence-corrected chi connectivity index (χ2v) is 5.69. The van der Waals surface area contributed by atoms with Gasteiger partial charge in [-0.1, -0.05) is 6.92 Å². The van der Waals surface area contributed by atoms with Crippen molar-refractivity contribution in [2.45, 2.75) is 77.2 Å². The molecular weight excluding hydrogens is 224 g/mol. The van der Waals surface area contributed by atoms with Crippen LogP contribution in [0.4, 0.5) is 0 Å². The summed E-state index contributed by atoms with van der Waals surface area (Å²) in [5.74, 6) is -0.687. The highest BCUT2D eigenvalue weighted by atomic mass is 16.9. The van der Waals surface area contributed by atoms with Gasteiger partial charge >= 0.3 is 0 Å². The van der Waals surface area contributed by atoms with Crippen LogP contribution in [0.2, 0.25) is 0 Å². The number of fused-ring (bicyclic) bond motifs is 1. The molecule has 2 saturated heterocycles. The Labute approximate surface area is 102 Å². The van der Waals surface area contributed by atoms with E-state index < -0.39 is 24.5 Å². The highest BCUT2D eigenvalue weighted by Gasteiger charge is 2.56. The van der Waals surface area contributed by atoms with E-state index in [-0.39, 0.29) is 11.7 Å². The highest BCUT2D eigenvalue weighted by Crippen LogP contribution is 2.39. The number of aliphatic hydroxyl groups is 1. The van der Waals surface area contributed by atoms with Crippen LogP contribution in [0, 0.1) is 0 Å². The standard InChI is InChI=1S/C12H22O5/c1-6-11(2,3)15-7-8-10(14-9(7)13)17-12(4,5)16-8/h7-10,13H,6H2,1-5H3. The molecule has 2 heterocycles. The van der Waals surface area contributed by atoms with Crippen LogP contribution in [0.25, 0.3) is 0 Å². The number of aliphatic hydroxyl groups excluding tert-OH is 1. The topological polar surface area (TPSA) is 57.2 Å². The summed E-state index contributed by atoms with van der Waals surface area (Å²) in [6, 6.07) is 0. The summed E-state index contributed by atoms with van der Waals surface area (Å²) in [4.78, 5) is 0. The van der Waals surface area contributed by atoms with E-state index in [1.165, 1.54) is 0 Å². The number of rotatable bonds is 3. The first-order valence-corrected chi connectivity index (χ1v) is 6.11. The fourth-order valence-corrected chi connectivity index (χ4v) is 2.04. The molecule has 0 aromatic rings. The van der Waals surface area contributed by atoms with Gasteiger partial charge in [-0.2, -0.15) is 0 Å². The van der Waals surface area contributed by atoms with E-state index in [2.05, 4.69) is 0 Å². The first kappa shape index (κ1) is 13.2. The normalized spacial score (nSPS) is 40.6. The minimum Gasteiger partial charge on any atom is -0.366 e. The Morgan fingerprint density at radius 3 is 2.53 bits per heavy atom. The van der Waals surface area contributed by atoms with Crippen molar-refractivity contribution in [1.82, 2.24) is 0 Å². The van der Waals surface area contributed by atoms with Crippen LogP contribution in [0.3, 0.4) is 0 Å². The van der Waals surface area contributed by atoms with Crippen LogP contribution in [-0.2, 0) is 18.9 Å². The van der Waals surface area contributed by atoms with Crippen molar-refractivity contribution in [3.8, 4) is 0 Å². The van der Waals surface area contributed by atoms with Crippen molar-refractivity contribution in [3.05, 3.63) is 0 Å². The molecule has 0 aromatic carbocycles. The van der Waals surface area contributed by atoms with E-state index in [0.717, 1.165) is 6.42 Å². The zero-order valence-electron chi connectivity index (χ0n) is 11.1. The quantitative estimate of drug-likeness (QED) is 0.815. The first-order chi connectivity index (χ1) is 7.74. The number of hydrogen-bond acceptors (Lipinski definition) is 5. The van der Waals surface area contributed by atoms with Crippen LogP contribution in [0.5, 0.6) is 0 Å². The summed E-state index contributed by atoms with van der Waals surface area (Å²) in [6.07, 6.45) is -1.56. The van der Waals surface area contributed by atoms with E-state index in [1.807, 2.05) is 34.6 Å². The van der Waals surface area contributed by atoms with Gasteiger partial charge in [0.15, 0.2) is 18.4 Å². The molecule has 0 bridgehead atoms. The first-order valence-electron chi connectivity index (χ1n) is 6.11. The average molecular weight is 246 g/mol. The SMILES string of the molecule is CCC(C)(C)OC1C(O)OC2OC(C)(C)OC21. The van der Waals surface area contributed by atoms with Gasteiger partial charge in [-0.05, 0) is 34.1 Å². The molecule has 5 nitrogen and oxygen atoms in total. The molecule has 0 aliphatic carbocycles. The molecule has 0 spiro atoms. The summed E-state index contributed by atoms with van der Waals surface area (Å²) < 4.78 is 22.4. The Morgan fingerprint density at radius 2 is 1.94 bits per heavy atom. The lowest BCUT2D eigenvalue weighted by atomic mass is 10.1. The van der Waals surface area contributed by atoms with Gasteiger partial charge in [0, 0.05) is 0 Å². The fourth-order valence-electron chi connectivity index (χ4n) is 2.04. The van der Waals surface area contributed by atoms with Crippen LogP contribution >= 0.6 is 0 Å². The smallest absolute Gasteiger partial charge is 0.193 e. The summed E-state index contributed by atoms with van der Waals surface area (Å²) in [7, 11) is 0. The van der Waals surface area contributed by atoms with Gasteiger partial charge in [-0.3, -0.25) is 0 Å². The summed E-state index contributed by atoms with van der Waals surface area (Å²) in [5, 5.41) is 9.82. The molecule has 4 unspecified atom stereocenters. The highest BCUT2D eigenvalue weighted by molar-refractivity contribution is 4.91. The largest absolute Gasteiger partial charge is 0.366 e. The van der Waals surface area contributed by atoms with E-state index in [9.17, 15) is 5.11 Å². The van der Waals surface area contributed by atoms with Gasteiger partial charge < -0.3 is 24.1 Å². The third kappa shape index (κ3) is 2.63. The molecule has 100 valence electrons. The minimum atomic E-state index is -0.994. The van der Waals surface area contributed by atoms with Crippen LogP contribution in [0.15, 0.2) is 0 Å². The third-order valence-corrected chi connectivity index (χ3v) is 3.27. The molecule has 17 heavy (non-hydrogen) atoms. The van der Waals surface area contributed by atoms with Crippen molar-refractivity contribution >= 4 is 0 Å². The van der Waals surface area contributed by atoms with Crippen molar-refractivity contribution in [2.24, 2.45) is 0 Å². The maximum atomic E-state index is 9.82. The zero-order valence-corrected chi connectivity index (χ0v) is 11.1. The monoisotopic (exact) mass is 246 g/mol. The van der Waals surface area contributed by atoms with Crippen molar-refractivity contribution in [3.63, 3.8) is 0 Å². The molecule has 1 N–H and O–H groups in total. The van der Waals surface area contributed by atoms with Crippen LogP contribution in [-0.4, -0.2) is 41.3 Å². The van der Waals surface area contributed by atoms with Gasteiger partial charge in [-0.25, -0.2) is 0 Å². The second kappa shape index (κ2) is 4.17. The zero-order chi connectivity index (χ0) is 12.8. The molecule has 2 fully saturated rings. The van der Waals surface area contributed by atoms with Crippen molar-refractivity contribution in [2.75, 3.05) is 0 Å². The fraction of sp³-hybridized carbons (Fsp3) is 1.00. The lowest BCUT2D eigenvalue weighted by molar-refractivity contribution is -0.263. The average Bonchev–Trinajstić information content (AvgIpc) is 2.61. The minimum absolute atomic E-state index is 0.319. The molecule has 0 aromatic heterocycles. The summed E-state index contributed by atoms with van der Waals surface area (Å²) >= 11 is 0. The lowest BCUT2D eigenvalue weighted by Gasteiger charge is -2.31. The van der Waals surface area contributed by atoms with Gasteiger partial charge in [0.05, 0.1) is 5.60 Å². The molecule has 4 atom stereocenters. The second-order valence-electron chi connectivity index (χ2n) is 5.69. The van der Waals surface area contributed by atoms with Gasteiger partial charge in [0.25, 0.3) is 0 Å². The molecular formula is C12H22O5. The van der Waals surface area contributed by atoms with Gasteiger partial charge in [-0.15, -0.1) is 0 Å². The Hall–Kier alpha value is -0.200. The van der Waals surface area contributed by atoms with E-state index in [0.29, 0.717) is 0 Å². The molecule has 5 heteroatoms. The summed E-state index contributed by atoms with van der Waals surface area (Å²) in [5.41, 5.74) is -0.319. The van der Waals surface area contributed by atoms with Gasteiger partial charge in [0.2, 0.25) is 0 Å². The van der Waals surface area contributed by atoms with Crippen LogP contribution in [0.1, 0.15) is 41.0 Å². The number of hydrogen-bond donors (Lipinski definition) is 1. The van der Waals surface area contributed by atoms with Crippen molar-refractivity contribution in [1.29, 1.82) is 0 Å².